The summed E-state index contributed by atoms with van der Waals surface area (Å²) < 4.78 is 0. The number of benzene rings is 3. The Balaban J connectivity index is 1.83. The van der Waals surface area contributed by atoms with Crippen LogP contribution in [0.4, 0.5) is 0 Å². The number of thioether (sulfide) groups is 1. The van der Waals surface area contributed by atoms with Crippen LogP contribution in [0.1, 0.15) is 36.1 Å². The Morgan fingerprint density at radius 1 is 0.917 bits per heavy atom. The van der Waals surface area contributed by atoms with E-state index >= 15 is 0 Å². The van der Waals surface area contributed by atoms with Gasteiger partial charge in [-0.25, -0.2) is 0 Å². The zero-order chi connectivity index (χ0) is 25.9. The maximum absolute atomic E-state index is 13.7. The van der Waals surface area contributed by atoms with Gasteiger partial charge in [0.15, 0.2) is 0 Å². The second-order valence-corrected chi connectivity index (χ2v) is 10.9. The van der Waals surface area contributed by atoms with Gasteiger partial charge in [0.1, 0.15) is 6.04 Å². The molecule has 0 saturated heterocycles. The molecule has 0 aliphatic rings. The lowest BCUT2D eigenvalue weighted by Crippen LogP contribution is -2.51. The summed E-state index contributed by atoms with van der Waals surface area (Å²) in [5, 5.41) is 3.76. The smallest absolute Gasteiger partial charge is 0.243 e. The highest BCUT2D eigenvalue weighted by Crippen LogP contribution is 2.20. The van der Waals surface area contributed by atoms with Crippen molar-refractivity contribution in [3.63, 3.8) is 0 Å². The largest absolute Gasteiger partial charge is 0.354 e. The van der Waals surface area contributed by atoms with Crippen molar-refractivity contribution in [1.29, 1.82) is 0 Å². The Morgan fingerprint density at radius 3 is 2.28 bits per heavy atom. The van der Waals surface area contributed by atoms with Crippen LogP contribution in [0.2, 0.25) is 5.02 Å². The van der Waals surface area contributed by atoms with Crippen LogP contribution in [0.3, 0.4) is 0 Å². The lowest BCUT2D eigenvalue weighted by molar-refractivity contribution is -0.139. The number of aryl methyl sites for hydroxylation is 1. The van der Waals surface area contributed by atoms with Gasteiger partial charge in [-0.05, 0) is 41.7 Å². The molecule has 1 N–H and O–H groups in total. The molecule has 0 aromatic heterocycles. The number of carbonyl (C=O) groups is 2. The highest BCUT2D eigenvalue weighted by molar-refractivity contribution is 7.99. The number of carbonyl (C=O) groups excluding carboxylic acids is 2. The van der Waals surface area contributed by atoms with Crippen molar-refractivity contribution >= 4 is 35.2 Å². The van der Waals surface area contributed by atoms with Crippen LogP contribution in [-0.2, 0) is 28.3 Å². The molecule has 0 aliphatic carbocycles. The number of rotatable bonds is 12. The minimum absolute atomic E-state index is 0.0453. The van der Waals surface area contributed by atoms with Gasteiger partial charge in [-0.1, -0.05) is 97.7 Å². The van der Waals surface area contributed by atoms with Gasteiger partial charge in [0, 0.05) is 30.3 Å². The summed E-state index contributed by atoms with van der Waals surface area (Å²) in [6.07, 6.45) is 0.462. The van der Waals surface area contributed by atoms with E-state index in [1.807, 2.05) is 79.7 Å². The molecule has 6 heteroatoms. The molecule has 0 spiro atoms. The van der Waals surface area contributed by atoms with E-state index in [4.69, 9.17) is 11.6 Å². The van der Waals surface area contributed by atoms with E-state index in [9.17, 15) is 9.59 Å². The highest BCUT2D eigenvalue weighted by Gasteiger charge is 2.30. The Morgan fingerprint density at radius 2 is 1.61 bits per heavy atom. The third-order valence-electron chi connectivity index (χ3n) is 5.80. The first-order chi connectivity index (χ1) is 17.3. The fourth-order valence-electron chi connectivity index (χ4n) is 3.90. The van der Waals surface area contributed by atoms with Crippen LogP contribution < -0.4 is 5.32 Å². The summed E-state index contributed by atoms with van der Waals surface area (Å²) in [6, 6.07) is 25.1. The molecular formula is C30H35ClN2O2S. The molecule has 1 atom stereocenters. The van der Waals surface area contributed by atoms with Gasteiger partial charge >= 0.3 is 0 Å². The van der Waals surface area contributed by atoms with Gasteiger partial charge in [-0.3, -0.25) is 9.59 Å². The Bertz CT molecular complexity index is 1120. The third-order valence-corrected chi connectivity index (χ3v) is 7.04. The second kappa shape index (κ2) is 14.1. The van der Waals surface area contributed by atoms with Crippen molar-refractivity contribution in [3.8, 4) is 0 Å². The standard InChI is InChI=1S/C30H35ClN2O2S/c1-22(2)18-32-30(35)28(17-24-9-5-4-6-10-24)33(19-26-11-7-8-23(3)16-26)29(34)21-36-20-25-12-14-27(31)15-13-25/h4-16,22,28H,17-21H2,1-3H3,(H,32,35)/t28-/m0/s1. The molecule has 36 heavy (non-hydrogen) atoms. The predicted molar refractivity (Wildman–Crippen MR) is 151 cm³/mol. The van der Waals surface area contributed by atoms with Crippen LogP contribution >= 0.6 is 23.4 Å². The minimum atomic E-state index is -0.602. The van der Waals surface area contributed by atoms with Gasteiger partial charge in [-0.2, -0.15) is 0 Å². The van der Waals surface area contributed by atoms with E-state index in [-0.39, 0.29) is 17.6 Å². The maximum Gasteiger partial charge on any atom is 0.243 e. The fraction of sp³-hybridized carbons (Fsp3) is 0.333. The van der Waals surface area contributed by atoms with Crippen LogP contribution in [0.25, 0.3) is 0 Å². The number of amides is 2. The lowest BCUT2D eigenvalue weighted by Gasteiger charge is -2.32. The molecule has 0 fully saturated rings. The monoisotopic (exact) mass is 522 g/mol. The normalized spacial score (nSPS) is 11.8. The first-order valence-corrected chi connectivity index (χ1v) is 13.8. The average Bonchev–Trinajstić information content (AvgIpc) is 2.86. The average molecular weight is 523 g/mol. The van der Waals surface area contributed by atoms with Crippen LogP contribution in [0.5, 0.6) is 0 Å². The van der Waals surface area contributed by atoms with Crippen molar-refractivity contribution in [2.24, 2.45) is 5.92 Å². The molecule has 3 rings (SSSR count). The second-order valence-electron chi connectivity index (χ2n) is 9.47. The first-order valence-electron chi connectivity index (χ1n) is 12.3. The van der Waals surface area contributed by atoms with Gasteiger partial charge < -0.3 is 10.2 Å². The SMILES string of the molecule is Cc1cccc(CN(C(=O)CSCc2ccc(Cl)cc2)[C@@H](Cc2ccccc2)C(=O)NCC(C)C)c1. The zero-order valence-electron chi connectivity index (χ0n) is 21.2. The van der Waals surface area contributed by atoms with Crippen molar-refractivity contribution in [2.45, 2.75) is 45.5 Å². The molecule has 0 aliphatic heterocycles. The Kier molecular flexibility index (Phi) is 10.9. The lowest BCUT2D eigenvalue weighted by atomic mass is 10.0. The highest BCUT2D eigenvalue weighted by atomic mass is 35.5. The summed E-state index contributed by atoms with van der Waals surface area (Å²) in [5.41, 5.74) is 4.28. The summed E-state index contributed by atoms with van der Waals surface area (Å²) in [6.45, 7) is 7.12. The summed E-state index contributed by atoms with van der Waals surface area (Å²) >= 11 is 7.55. The molecule has 2 amide bonds. The van der Waals surface area contributed by atoms with Crippen molar-refractivity contribution in [2.75, 3.05) is 12.3 Å². The molecule has 0 saturated carbocycles. The van der Waals surface area contributed by atoms with Gasteiger partial charge in [0.25, 0.3) is 0 Å². The zero-order valence-corrected chi connectivity index (χ0v) is 22.8. The molecule has 3 aromatic rings. The quantitative estimate of drug-likeness (QED) is 0.304. The minimum Gasteiger partial charge on any atom is -0.354 e. The first kappa shape index (κ1) is 27.8. The molecular weight excluding hydrogens is 488 g/mol. The van der Waals surface area contributed by atoms with E-state index in [0.717, 1.165) is 22.3 Å². The number of hydrogen-bond acceptors (Lipinski definition) is 3. The molecule has 4 nitrogen and oxygen atoms in total. The van der Waals surface area contributed by atoms with E-state index < -0.39 is 6.04 Å². The molecule has 0 radical (unpaired) electrons. The summed E-state index contributed by atoms with van der Waals surface area (Å²) in [7, 11) is 0. The topological polar surface area (TPSA) is 49.4 Å². The van der Waals surface area contributed by atoms with Gasteiger partial charge in [0.05, 0.1) is 5.75 Å². The molecule has 3 aromatic carbocycles. The molecule has 0 bridgehead atoms. The van der Waals surface area contributed by atoms with Gasteiger partial charge in [-0.15, -0.1) is 11.8 Å². The summed E-state index contributed by atoms with van der Waals surface area (Å²) in [4.78, 5) is 28.9. The fourth-order valence-corrected chi connectivity index (χ4v) is 4.90. The van der Waals surface area contributed by atoms with Crippen molar-refractivity contribution in [3.05, 3.63) is 106 Å². The number of nitrogens with one attached hydrogen (secondary N) is 1. The van der Waals surface area contributed by atoms with E-state index in [1.54, 1.807) is 16.7 Å². The van der Waals surface area contributed by atoms with Crippen LogP contribution in [-0.4, -0.2) is 35.1 Å². The Labute approximate surface area is 224 Å². The van der Waals surface area contributed by atoms with E-state index in [1.165, 1.54) is 0 Å². The van der Waals surface area contributed by atoms with Crippen molar-refractivity contribution in [1.82, 2.24) is 10.2 Å². The van der Waals surface area contributed by atoms with Crippen molar-refractivity contribution < 1.29 is 9.59 Å². The van der Waals surface area contributed by atoms with E-state index in [2.05, 4.69) is 25.2 Å². The third kappa shape index (κ3) is 9.03. The van der Waals surface area contributed by atoms with Crippen LogP contribution in [0.15, 0.2) is 78.9 Å². The van der Waals surface area contributed by atoms with E-state index in [0.29, 0.717) is 36.2 Å². The van der Waals surface area contributed by atoms with Gasteiger partial charge in [0.2, 0.25) is 11.8 Å². The Hall–Kier alpha value is -2.76. The predicted octanol–water partition coefficient (Wildman–Crippen LogP) is 6.29. The number of hydrogen-bond donors (Lipinski definition) is 1. The number of nitrogens with zero attached hydrogens (tertiary/aromatic N) is 1. The number of halogens is 1. The van der Waals surface area contributed by atoms with Crippen LogP contribution in [0, 0.1) is 12.8 Å². The molecule has 0 heterocycles. The molecule has 0 unspecified atom stereocenters. The summed E-state index contributed by atoms with van der Waals surface area (Å²) in [5.74, 6) is 1.15. The maximum atomic E-state index is 13.7. The molecule has 190 valence electrons.